The summed E-state index contributed by atoms with van der Waals surface area (Å²) in [6.45, 7) is 0. The van der Waals surface area contributed by atoms with E-state index in [1.807, 2.05) is 0 Å². The number of nitrogens with zero attached hydrogens (tertiary/aromatic N) is 2. The summed E-state index contributed by atoms with van der Waals surface area (Å²) >= 11 is 9.05. The molecule has 0 amide bonds. The van der Waals surface area contributed by atoms with Gasteiger partial charge in [-0.25, -0.2) is 4.98 Å². The van der Waals surface area contributed by atoms with Gasteiger partial charge in [0.25, 0.3) is 0 Å². The summed E-state index contributed by atoms with van der Waals surface area (Å²) < 4.78 is 0.783. The summed E-state index contributed by atoms with van der Waals surface area (Å²) in [7, 11) is 0. The highest BCUT2D eigenvalue weighted by atomic mass is 79.9. The molecule has 1 N–H and O–H groups in total. The molecule has 3 nitrogen and oxygen atoms in total. The summed E-state index contributed by atoms with van der Waals surface area (Å²) in [5.41, 5.74) is 0.876. The van der Waals surface area contributed by atoms with Gasteiger partial charge in [-0.3, -0.25) is 5.10 Å². The van der Waals surface area contributed by atoms with Crippen molar-refractivity contribution in [3.63, 3.8) is 0 Å². The molecular formula is C6H3BrClN3. The first-order valence-corrected chi connectivity index (χ1v) is 4.09. The van der Waals surface area contributed by atoms with E-state index in [9.17, 15) is 0 Å². The van der Waals surface area contributed by atoms with Gasteiger partial charge in [-0.05, 0) is 15.9 Å². The smallest absolute Gasteiger partial charge is 0.144 e. The Labute approximate surface area is 75.9 Å². The summed E-state index contributed by atoms with van der Waals surface area (Å²) in [6, 6.07) is 0. The van der Waals surface area contributed by atoms with E-state index in [2.05, 4.69) is 31.1 Å². The number of hydrogen-bond donors (Lipinski definition) is 1. The Balaban J connectivity index is 2.93. The van der Waals surface area contributed by atoms with Crippen LogP contribution in [0.4, 0.5) is 0 Å². The van der Waals surface area contributed by atoms with E-state index in [4.69, 9.17) is 11.6 Å². The second-order valence-corrected chi connectivity index (χ2v) is 3.21. The first kappa shape index (κ1) is 7.06. The zero-order chi connectivity index (χ0) is 7.84. The van der Waals surface area contributed by atoms with Gasteiger partial charge in [-0.1, -0.05) is 11.6 Å². The molecule has 0 aromatic carbocycles. The van der Waals surface area contributed by atoms with Crippen LogP contribution in [0.2, 0.25) is 5.15 Å². The molecule has 2 aromatic heterocycles. The molecule has 0 aliphatic carbocycles. The molecule has 0 spiro atoms. The minimum absolute atomic E-state index is 0.457. The second kappa shape index (κ2) is 2.46. The average molecular weight is 232 g/mol. The molecule has 0 fully saturated rings. The van der Waals surface area contributed by atoms with E-state index in [1.54, 1.807) is 12.4 Å². The number of rotatable bonds is 0. The van der Waals surface area contributed by atoms with E-state index < -0.39 is 0 Å². The van der Waals surface area contributed by atoms with Crippen molar-refractivity contribution in [2.75, 3.05) is 0 Å². The summed E-state index contributed by atoms with van der Waals surface area (Å²) in [5, 5.41) is 8.04. The van der Waals surface area contributed by atoms with Gasteiger partial charge in [0.1, 0.15) is 5.15 Å². The van der Waals surface area contributed by atoms with Crippen molar-refractivity contribution in [2.24, 2.45) is 0 Å². The molecule has 2 rings (SSSR count). The minimum Gasteiger partial charge on any atom is -0.276 e. The Bertz CT molecular complexity index is 398. The molecule has 0 aliphatic heterocycles. The fraction of sp³-hybridized carbons (Fsp3) is 0. The van der Waals surface area contributed by atoms with Crippen molar-refractivity contribution in [1.82, 2.24) is 15.2 Å². The maximum atomic E-state index is 5.74. The molecule has 0 saturated carbocycles. The number of aromatic nitrogens is 3. The van der Waals surface area contributed by atoms with Crippen molar-refractivity contribution in [3.05, 3.63) is 22.0 Å². The Hall–Kier alpha value is -0.610. The van der Waals surface area contributed by atoms with Crippen LogP contribution in [0.25, 0.3) is 10.9 Å². The van der Waals surface area contributed by atoms with Gasteiger partial charge in [0.05, 0.1) is 22.4 Å². The lowest BCUT2D eigenvalue weighted by molar-refractivity contribution is 1.11. The zero-order valence-corrected chi connectivity index (χ0v) is 7.65. The third-order valence-corrected chi connectivity index (χ3v) is 2.71. The third-order valence-electron chi connectivity index (χ3n) is 1.39. The van der Waals surface area contributed by atoms with Crippen LogP contribution in [0.1, 0.15) is 0 Å². The van der Waals surface area contributed by atoms with Crippen LogP contribution < -0.4 is 0 Å². The van der Waals surface area contributed by atoms with E-state index in [1.165, 1.54) is 0 Å². The lowest BCUT2D eigenvalue weighted by atomic mass is 10.3. The van der Waals surface area contributed by atoms with Gasteiger partial charge in [0.2, 0.25) is 0 Å². The average Bonchev–Trinajstić information content (AvgIpc) is 2.45. The molecule has 11 heavy (non-hydrogen) atoms. The van der Waals surface area contributed by atoms with Gasteiger partial charge in [-0.2, -0.15) is 5.10 Å². The van der Waals surface area contributed by atoms with Gasteiger partial charge in [0, 0.05) is 5.39 Å². The first-order valence-electron chi connectivity index (χ1n) is 2.92. The topological polar surface area (TPSA) is 41.6 Å². The fourth-order valence-corrected chi connectivity index (χ4v) is 1.43. The Morgan fingerprint density at radius 2 is 2.27 bits per heavy atom. The number of halogens is 2. The second-order valence-electron chi connectivity index (χ2n) is 2.06. The molecular weight excluding hydrogens is 229 g/mol. The molecule has 2 aromatic rings. The first-order chi connectivity index (χ1) is 5.29. The molecule has 56 valence electrons. The van der Waals surface area contributed by atoms with Gasteiger partial charge in [-0.15, -0.1) is 0 Å². The van der Waals surface area contributed by atoms with E-state index in [0.29, 0.717) is 5.15 Å². The highest BCUT2D eigenvalue weighted by molar-refractivity contribution is 9.10. The van der Waals surface area contributed by atoms with E-state index in [-0.39, 0.29) is 0 Å². The van der Waals surface area contributed by atoms with Crippen LogP contribution in [0.3, 0.4) is 0 Å². The maximum absolute atomic E-state index is 5.74. The summed E-state index contributed by atoms with van der Waals surface area (Å²) in [6.07, 6.45) is 3.35. The summed E-state index contributed by atoms with van der Waals surface area (Å²) in [5.74, 6) is 0. The number of aromatic amines is 1. The standard InChI is InChI=1S/C6H3BrClN3/c7-5-3-1-10-11-4(3)2-9-6(5)8/h1-2H,(H,10,11). The normalized spacial score (nSPS) is 10.7. The van der Waals surface area contributed by atoms with Crippen LogP contribution in [0.5, 0.6) is 0 Å². The highest BCUT2D eigenvalue weighted by Gasteiger charge is 2.04. The van der Waals surface area contributed by atoms with Crippen LogP contribution >= 0.6 is 27.5 Å². The molecule has 0 aliphatic rings. The van der Waals surface area contributed by atoms with Gasteiger partial charge < -0.3 is 0 Å². The molecule has 0 radical (unpaired) electrons. The number of nitrogens with one attached hydrogen (secondary N) is 1. The van der Waals surface area contributed by atoms with Crippen LogP contribution in [0, 0.1) is 0 Å². The number of H-pyrrole nitrogens is 1. The highest BCUT2D eigenvalue weighted by Crippen LogP contribution is 2.27. The summed E-state index contributed by atoms with van der Waals surface area (Å²) in [4.78, 5) is 3.93. The van der Waals surface area contributed by atoms with Crippen molar-refractivity contribution >= 4 is 38.4 Å². The van der Waals surface area contributed by atoms with Crippen LogP contribution in [0.15, 0.2) is 16.9 Å². The lowest BCUT2D eigenvalue weighted by Gasteiger charge is -1.93. The molecule has 0 saturated heterocycles. The Morgan fingerprint density at radius 1 is 1.45 bits per heavy atom. The third kappa shape index (κ3) is 1.02. The number of fused-ring (bicyclic) bond motifs is 1. The fourth-order valence-electron chi connectivity index (χ4n) is 0.858. The van der Waals surface area contributed by atoms with Gasteiger partial charge >= 0.3 is 0 Å². The van der Waals surface area contributed by atoms with Crippen molar-refractivity contribution in [2.45, 2.75) is 0 Å². The van der Waals surface area contributed by atoms with Crippen molar-refractivity contribution < 1.29 is 0 Å². The monoisotopic (exact) mass is 231 g/mol. The molecule has 2 heterocycles. The Morgan fingerprint density at radius 3 is 3.09 bits per heavy atom. The quantitative estimate of drug-likeness (QED) is 0.709. The molecule has 5 heteroatoms. The largest absolute Gasteiger partial charge is 0.276 e. The van der Waals surface area contributed by atoms with Crippen molar-refractivity contribution in [1.29, 1.82) is 0 Å². The van der Waals surface area contributed by atoms with Crippen LogP contribution in [-0.4, -0.2) is 15.2 Å². The van der Waals surface area contributed by atoms with Gasteiger partial charge in [0.15, 0.2) is 0 Å². The zero-order valence-electron chi connectivity index (χ0n) is 5.31. The lowest BCUT2D eigenvalue weighted by Crippen LogP contribution is -1.77. The Kier molecular flexibility index (Phi) is 1.58. The molecule has 0 bridgehead atoms. The minimum atomic E-state index is 0.457. The van der Waals surface area contributed by atoms with Crippen LogP contribution in [-0.2, 0) is 0 Å². The molecule has 0 unspecified atom stereocenters. The van der Waals surface area contributed by atoms with Crippen molar-refractivity contribution in [3.8, 4) is 0 Å². The van der Waals surface area contributed by atoms with E-state index >= 15 is 0 Å². The predicted molar refractivity (Wildman–Crippen MR) is 46.6 cm³/mol. The molecule has 0 atom stereocenters. The predicted octanol–water partition coefficient (Wildman–Crippen LogP) is 2.37. The van der Waals surface area contributed by atoms with E-state index in [0.717, 1.165) is 15.4 Å². The maximum Gasteiger partial charge on any atom is 0.144 e. The number of pyridine rings is 1. The SMILES string of the molecule is Clc1ncc2[nH]ncc2c1Br. The number of hydrogen-bond acceptors (Lipinski definition) is 2.